The van der Waals surface area contributed by atoms with Gasteiger partial charge in [-0.25, -0.2) is 4.98 Å². The van der Waals surface area contributed by atoms with E-state index in [9.17, 15) is 4.79 Å². The standard InChI is InChI=1S/C11H16N2O3/c1-3-15-11(16-4-2)9(14)8-6-5-7-13-10(8)12/h5-7,11H,3-4H2,1-2H3,(H2,12,13). The second-order valence-electron chi connectivity index (χ2n) is 3.04. The number of anilines is 1. The van der Waals surface area contributed by atoms with E-state index >= 15 is 0 Å². The summed E-state index contributed by atoms with van der Waals surface area (Å²) in [5.41, 5.74) is 5.94. The summed E-state index contributed by atoms with van der Waals surface area (Å²) < 4.78 is 10.4. The molecule has 5 nitrogen and oxygen atoms in total. The highest BCUT2D eigenvalue weighted by Gasteiger charge is 2.22. The molecule has 0 aliphatic rings. The summed E-state index contributed by atoms with van der Waals surface area (Å²) >= 11 is 0. The van der Waals surface area contributed by atoms with Crippen LogP contribution < -0.4 is 5.73 Å². The Hall–Kier alpha value is -1.46. The third kappa shape index (κ3) is 3.01. The number of nitrogens with two attached hydrogens (primary N) is 1. The van der Waals surface area contributed by atoms with Gasteiger partial charge in [-0.2, -0.15) is 0 Å². The number of nitrogen functional groups attached to an aromatic ring is 1. The van der Waals surface area contributed by atoms with Crippen molar-refractivity contribution in [3.05, 3.63) is 23.9 Å². The molecule has 0 atom stereocenters. The predicted octanol–water partition coefficient (Wildman–Crippen LogP) is 1.25. The van der Waals surface area contributed by atoms with Crippen LogP contribution >= 0.6 is 0 Å². The average molecular weight is 224 g/mol. The summed E-state index contributed by atoms with van der Waals surface area (Å²) in [6.45, 7) is 4.39. The fourth-order valence-electron chi connectivity index (χ4n) is 1.26. The summed E-state index contributed by atoms with van der Waals surface area (Å²) in [6, 6.07) is 3.26. The van der Waals surface area contributed by atoms with Crippen molar-refractivity contribution < 1.29 is 14.3 Å². The molecule has 0 bridgehead atoms. The third-order valence-corrected chi connectivity index (χ3v) is 1.95. The minimum Gasteiger partial charge on any atom is -0.383 e. The van der Waals surface area contributed by atoms with Crippen molar-refractivity contribution in [2.75, 3.05) is 18.9 Å². The number of carbonyl (C=O) groups is 1. The zero-order chi connectivity index (χ0) is 12.0. The summed E-state index contributed by atoms with van der Waals surface area (Å²) in [4.78, 5) is 15.8. The number of aromatic nitrogens is 1. The van der Waals surface area contributed by atoms with Crippen molar-refractivity contribution in [3.8, 4) is 0 Å². The number of ketones is 1. The molecule has 88 valence electrons. The Balaban J connectivity index is 2.85. The molecule has 1 rings (SSSR count). The van der Waals surface area contributed by atoms with Gasteiger partial charge in [-0.1, -0.05) is 0 Å². The predicted molar refractivity (Wildman–Crippen MR) is 60.0 cm³/mol. The maximum atomic E-state index is 12.0. The summed E-state index contributed by atoms with van der Waals surface area (Å²) in [5.74, 6) is -0.105. The van der Waals surface area contributed by atoms with Gasteiger partial charge < -0.3 is 15.2 Å². The van der Waals surface area contributed by atoms with Crippen LogP contribution in [0.3, 0.4) is 0 Å². The molecular weight excluding hydrogens is 208 g/mol. The lowest BCUT2D eigenvalue weighted by Crippen LogP contribution is -2.28. The Morgan fingerprint density at radius 3 is 2.56 bits per heavy atom. The zero-order valence-electron chi connectivity index (χ0n) is 9.47. The van der Waals surface area contributed by atoms with E-state index in [-0.39, 0.29) is 11.6 Å². The van der Waals surface area contributed by atoms with Crippen LogP contribution in [-0.2, 0) is 9.47 Å². The average Bonchev–Trinajstić information content (AvgIpc) is 2.28. The monoisotopic (exact) mass is 224 g/mol. The number of hydrogen-bond acceptors (Lipinski definition) is 5. The SMILES string of the molecule is CCOC(OCC)C(=O)c1cccnc1N. The van der Waals surface area contributed by atoms with E-state index < -0.39 is 6.29 Å². The molecular formula is C11H16N2O3. The highest BCUT2D eigenvalue weighted by Crippen LogP contribution is 2.12. The molecule has 1 aromatic rings. The van der Waals surface area contributed by atoms with Crippen molar-refractivity contribution in [2.45, 2.75) is 20.1 Å². The summed E-state index contributed by atoms with van der Waals surface area (Å²) in [7, 11) is 0. The van der Waals surface area contributed by atoms with Gasteiger partial charge >= 0.3 is 0 Å². The lowest BCUT2D eigenvalue weighted by molar-refractivity contribution is -0.107. The van der Waals surface area contributed by atoms with Crippen LogP contribution in [0.1, 0.15) is 24.2 Å². The largest absolute Gasteiger partial charge is 0.383 e. The first kappa shape index (κ1) is 12.6. The van der Waals surface area contributed by atoms with Gasteiger partial charge in [0.2, 0.25) is 12.1 Å². The number of carbonyl (C=O) groups excluding carboxylic acids is 1. The van der Waals surface area contributed by atoms with Gasteiger partial charge in [0.05, 0.1) is 5.56 Å². The number of pyridine rings is 1. The van der Waals surface area contributed by atoms with Crippen LogP contribution in [0.2, 0.25) is 0 Å². The molecule has 0 fully saturated rings. The quantitative estimate of drug-likeness (QED) is 0.581. The van der Waals surface area contributed by atoms with E-state index in [4.69, 9.17) is 15.2 Å². The van der Waals surface area contributed by atoms with Crippen LogP contribution in [0.4, 0.5) is 5.82 Å². The first-order valence-corrected chi connectivity index (χ1v) is 5.18. The molecule has 0 aliphatic heterocycles. The molecule has 0 radical (unpaired) electrons. The minimum atomic E-state index is -0.901. The van der Waals surface area contributed by atoms with Crippen LogP contribution in [0.25, 0.3) is 0 Å². The number of ether oxygens (including phenoxy) is 2. The molecule has 0 saturated heterocycles. The molecule has 0 amide bonds. The second-order valence-corrected chi connectivity index (χ2v) is 3.04. The maximum absolute atomic E-state index is 12.0. The molecule has 0 saturated carbocycles. The Morgan fingerprint density at radius 1 is 1.44 bits per heavy atom. The fourth-order valence-corrected chi connectivity index (χ4v) is 1.26. The van der Waals surface area contributed by atoms with E-state index in [1.54, 1.807) is 26.0 Å². The van der Waals surface area contributed by atoms with Crippen molar-refractivity contribution >= 4 is 11.6 Å². The first-order valence-electron chi connectivity index (χ1n) is 5.18. The number of rotatable bonds is 6. The number of hydrogen-bond donors (Lipinski definition) is 1. The third-order valence-electron chi connectivity index (χ3n) is 1.95. The molecule has 1 heterocycles. The van der Waals surface area contributed by atoms with E-state index in [0.29, 0.717) is 18.8 Å². The molecule has 2 N–H and O–H groups in total. The van der Waals surface area contributed by atoms with Gasteiger partial charge in [-0.05, 0) is 26.0 Å². The number of nitrogens with zero attached hydrogens (tertiary/aromatic N) is 1. The lowest BCUT2D eigenvalue weighted by Gasteiger charge is -2.15. The molecule has 16 heavy (non-hydrogen) atoms. The van der Waals surface area contributed by atoms with Gasteiger partial charge in [-0.15, -0.1) is 0 Å². The van der Waals surface area contributed by atoms with E-state index in [1.165, 1.54) is 6.20 Å². The van der Waals surface area contributed by atoms with E-state index in [1.807, 2.05) is 0 Å². The van der Waals surface area contributed by atoms with Crippen LogP contribution in [0.15, 0.2) is 18.3 Å². The van der Waals surface area contributed by atoms with Crippen LogP contribution in [-0.4, -0.2) is 30.3 Å². The Labute approximate surface area is 94.6 Å². The van der Waals surface area contributed by atoms with E-state index in [2.05, 4.69) is 4.98 Å². The van der Waals surface area contributed by atoms with Crippen molar-refractivity contribution in [2.24, 2.45) is 0 Å². The molecule has 0 aromatic carbocycles. The van der Waals surface area contributed by atoms with Gasteiger partial charge in [0, 0.05) is 19.4 Å². The van der Waals surface area contributed by atoms with Crippen LogP contribution in [0, 0.1) is 0 Å². The molecule has 0 unspecified atom stereocenters. The smallest absolute Gasteiger partial charge is 0.222 e. The van der Waals surface area contributed by atoms with Gasteiger partial charge in [-0.3, -0.25) is 4.79 Å². The normalized spacial score (nSPS) is 10.7. The van der Waals surface area contributed by atoms with E-state index in [0.717, 1.165) is 0 Å². The molecule has 5 heteroatoms. The topological polar surface area (TPSA) is 74.4 Å². The summed E-state index contributed by atoms with van der Waals surface area (Å²) in [6.07, 6.45) is 0.629. The van der Waals surface area contributed by atoms with Crippen molar-refractivity contribution in [3.63, 3.8) is 0 Å². The lowest BCUT2D eigenvalue weighted by atomic mass is 10.1. The second kappa shape index (κ2) is 6.19. The van der Waals surface area contributed by atoms with Gasteiger partial charge in [0.15, 0.2) is 0 Å². The fraction of sp³-hybridized carbons (Fsp3) is 0.455. The van der Waals surface area contributed by atoms with Crippen molar-refractivity contribution in [1.82, 2.24) is 4.98 Å². The highest BCUT2D eigenvalue weighted by molar-refractivity contribution is 6.02. The number of Topliss-reactive ketones (excluding diaryl/α,β-unsaturated/α-hetero) is 1. The van der Waals surface area contributed by atoms with Crippen LogP contribution in [0.5, 0.6) is 0 Å². The zero-order valence-corrected chi connectivity index (χ0v) is 9.47. The van der Waals surface area contributed by atoms with Gasteiger partial charge in [0.1, 0.15) is 5.82 Å². The molecule has 1 aromatic heterocycles. The molecule has 0 spiro atoms. The minimum absolute atomic E-state index is 0.192. The van der Waals surface area contributed by atoms with Crippen molar-refractivity contribution in [1.29, 1.82) is 0 Å². The Morgan fingerprint density at radius 2 is 2.06 bits per heavy atom. The Kier molecular flexibility index (Phi) is 4.88. The molecule has 0 aliphatic carbocycles. The maximum Gasteiger partial charge on any atom is 0.222 e. The first-order chi connectivity index (χ1) is 7.70. The highest BCUT2D eigenvalue weighted by atomic mass is 16.7. The van der Waals surface area contributed by atoms with Gasteiger partial charge in [0.25, 0.3) is 0 Å². The Bertz CT molecular complexity index is 349. The summed E-state index contributed by atoms with van der Waals surface area (Å²) in [5, 5.41) is 0.